The van der Waals surface area contributed by atoms with Crippen LogP contribution in [0.15, 0.2) is 18.2 Å². The van der Waals surface area contributed by atoms with Gasteiger partial charge in [0.1, 0.15) is 11.4 Å². The molecule has 2 unspecified atom stereocenters. The van der Waals surface area contributed by atoms with Gasteiger partial charge in [0, 0.05) is 24.4 Å². The number of ketones is 1. The molecule has 1 heterocycles. The van der Waals surface area contributed by atoms with E-state index in [-0.39, 0.29) is 23.2 Å². The second-order valence-electron chi connectivity index (χ2n) is 8.81. The number of nitrogens with zero attached hydrogens (tertiary/aromatic N) is 1. The van der Waals surface area contributed by atoms with Crippen LogP contribution in [0, 0.1) is 11.8 Å². The Balaban J connectivity index is 1.83. The molecule has 2 aliphatic rings. The van der Waals surface area contributed by atoms with Gasteiger partial charge in [-0.05, 0) is 70.6 Å². The Bertz CT molecular complexity index is 748. The van der Waals surface area contributed by atoms with E-state index in [0.717, 1.165) is 24.8 Å². The summed E-state index contributed by atoms with van der Waals surface area (Å²) in [6.45, 7) is 8.50. The Hall–Kier alpha value is -1.26. The van der Waals surface area contributed by atoms with Crippen molar-refractivity contribution in [3.63, 3.8) is 0 Å². The minimum absolute atomic E-state index is 0.104. The summed E-state index contributed by atoms with van der Waals surface area (Å²) >= 11 is 12.4. The van der Waals surface area contributed by atoms with Crippen LogP contribution in [0.4, 0.5) is 4.79 Å². The molecule has 0 bridgehead atoms. The van der Waals surface area contributed by atoms with Gasteiger partial charge in [0.05, 0.1) is 10.0 Å². The van der Waals surface area contributed by atoms with Crippen LogP contribution in [0.5, 0.6) is 0 Å². The first-order valence-electron chi connectivity index (χ1n) is 9.47. The van der Waals surface area contributed by atoms with E-state index in [0.29, 0.717) is 29.1 Å². The van der Waals surface area contributed by atoms with E-state index in [1.54, 1.807) is 11.8 Å². The molecule has 1 amide bonds. The van der Waals surface area contributed by atoms with Crippen LogP contribution in [0.1, 0.15) is 52.5 Å². The average molecular weight is 412 g/mol. The van der Waals surface area contributed by atoms with E-state index in [2.05, 4.69) is 0 Å². The largest absolute Gasteiger partial charge is 0.444 e. The Morgan fingerprint density at radius 3 is 2.26 bits per heavy atom. The third-order valence-corrected chi connectivity index (χ3v) is 6.56. The molecule has 0 aromatic heterocycles. The molecule has 1 aromatic rings. The van der Waals surface area contributed by atoms with Gasteiger partial charge in [0.15, 0.2) is 0 Å². The van der Waals surface area contributed by atoms with Crippen molar-refractivity contribution in [3.8, 4) is 0 Å². The number of carbonyl (C=O) groups excluding carboxylic acids is 2. The Morgan fingerprint density at radius 1 is 1.15 bits per heavy atom. The van der Waals surface area contributed by atoms with Gasteiger partial charge >= 0.3 is 6.09 Å². The maximum atomic E-state index is 12.4. The molecular formula is C21H27Cl2NO3. The van der Waals surface area contributed by atoms with Crippen molar-refractivity contribution in [1.82, 2.24) is 4.90 Å². The molecule has 2 atom stereocenters. The van der Waals surface area contributed by atoms with Gasteiger partial charge in [-0.2, -0.15) is 0 Å². The predicted octanol–water partition coefficient (Wildman–Crippen LogP) is 5.49. The minimum atomic E-state index is -0.508. The lowest BCUT2D eigenvalue weighted by molar-refractivity contribution is -0.118. The molecule has 27 heavy (non-hydrogen) atoms. The lowest BCUT2D eigenvalue weighted by atomic mass is 9.68. The molecule has 2 fully saturated rings. The molecule has 148 valence electrons. The fourth-order valence-electron chi connectivity index (χ4n) is 4.35. The highest BCUT2D eigenvalue weighted by atomic mass is 35.5. The SMILES string of the molecule is CC(=O)C1CC1C1(c2ccc(Cl)c(Cl)c2)CCN(C(=O)OC(C)(C)C)CC1. The fourth-order valence-corrected chi connectivity index (χ4v) is 4.65. The Kier molecular flexibility index (Phi) is 5.53. The van der Waals surface area contributed by atoms with Gasteiger partial charge in [-0.1, -0.05) is 29.3 Å². The third kappa shape index (κ3) is 4.27. The topological polar surface area (TPSA) is 46.6 Å². The zero-order valence-corrected chi connectivity index (χ0v) is 17.9. The average Bonchev–Trinajstić information content (AvgIpc) is 3.37. The number of benzene rings is 1. The predicted molar refractivity (Wildman–Crippen MR) is 107 cm³/mol. The van der Waals surface area contributed by atoms with Gasteiger partial charge in [-0.3, -0.25) is 4.79 Å². The first-order chi connectivity index (χ1) is 12.5. The summed E-state index contributed by atoms with van der Waals surface area (Å²) in [5.74, 6) is 0.648. The Morgan fingerprint density at radius 2 is 1.78 bits per heavy atom. The van der Waals surface area contributed by atoms with Crippen LogP contribution in [0.2, 0.25) is 10.0 Å². The number of piperidine rings is 1. The highest BCUT2D eigenvalue weighted by molar-refractivity contribution is 6.42. The Labute approximate surface area is 171 Å². The van der Waals surface area contributed by atoms with Gasteiger partial charge in [0.25, 0.3) is 0 Å². The van der Waals surface area contributed by atoms with Crippen molar-refractivity contribution in [2.45, 2.75) is 58.0 Å². The maximum Gasteiger partial charge on any atom is 0.410 e. The zero-order valence-electron chi connectivity index (χ0n) is 16.4. The molecule has 1 saturated carbocycles. The van der Waals surface area contributed by atoms with Crippen molar-refractivity contribution in [2.24, 2.45) is 11.8 Å². The highest BCUT2D eigenvalue weighted by Crippen LogP contribution is 2.57. The van der Waals surface area contributed by atoms with E-state index in [4.69, 9.17) is 27.9 Å². The quantitative estimate of drug-likeness (QED) is 0.660. The molecule has 6 heteroatoms. The molecule has 3 rings (SSSR count). The molecule has 1 aliphatic heterocycles. The van der Waals surface area contributed by atoms with E-state index in [9.17, 15) is 9.59 Å². The maximum absolute atomic E-state index is 12.4. The number of carbonyl (C=O) groups is 2. The second kappa shape index (κ2) is 7.29. The summed E-state index contributed by atoms with van der Waals surface area (Å²) in [5.41, 5.74) is 0.462. The van der Waals surface area contributed by atoms with Crippen LogP contribution in [-0.2, 0) is 14.9 Å². The first-order valence-corrected chi connectivity index (χ1v) is 10.2. The van der Waals surface area contributed by atoms with Crippen molar-refractivity contribution >= 4 is 35.1 Å². The van der Waals surface area contributed by atoms with E-state index >= 15 is 0 Å². The van der Waals surface area contributed by atoms with Crippen molar-refractivity contribution in [2.75, 3.05) is 13.1 Å². The van der Waals surface area contributed by atoms with Crippen LogP contribution in [-0.4, -0.2) is 35.5 Å². The fraction of sp³-hybridized carbons (Fsp3) is 0.619. The number of rotatable bonds is 3. The number of likely N-dealkylation sites (tertiary alicyclic amines) is 1. The molecule has 0 radical (unpaired) electrons. The number of Topliss-reactive ketones (excluding diaryl/α,β-unsaturated/α-hetero) is 1. The summed E-state index contributed by atoms with van der Waals surface area (Å²) in [4.78, 5) is 26.2. The highest BCUT2D eigenvalue weighted by Gasteiger charge is 2.56. The molecule has 4 nitrogen and oxygen atoms in total. The molecule has 1 saturated heterocycles. The lowest BCUT2D eigenvalue weighted by Crippen LogP contribution is -2.48. The number of amides is 1. The summed E-state index contributed by atoms with van der Waals surface area (Å²) < 4.78 is 5.52. The summed E-state index contributed by atoms with van der Waals surface area (Å²) in [6.07, 6.45) is 2.21. The van der Waals surface area contributed by atoms with Gasteiger partial charge in [-0.15, -0.1) is 0 Å². The second-order valence-corrected chi connectivity index (χ2v) is 9.63. The third-order valence-electron chi connectivity index (χ3n) is 5.82. The molecule has 1 aliphatic carbocycles. The summed E-state index contributed by atoms with van der Waals surface area (Å²) in [6, 6.07) is 5.78. The van der Waals surface area contributed by atoms with Crippen LogP contribution < -0.4 is 0 Å². The number of halogens is 2. The normalized spacial score (nSPS) is 24.4. The van der Waals surface area contributed by atoms with E-state index < -0.39 is 5.60 Å². The van der Waals surface area contributed by atoms with Crippen LogP contribution >= 0.6 is 23.2 Å². The number of hydrogen-bond acceptors (Lipinski definition) is 3. The molecule has 0 N–H and O–H groups in total. The lowest BCUT2D eigenvalue weighted by Gasteiger charge is -2.43. The van der Waals surface area contributed by atoms with Gasteiger partial charge in [0.2, 0.25) is 0 Å². The van der Waals surface area contributed by atoms with E-state index in [1.165, 1.54) is 0 Å². The first kappa shape index (κ1) is 20.5. The number of ether oxygens (including phenoxy) is 1. The molecule has 1 aromatic carbocycles. The zero-order chi connectivity index (χ0) is 20.0. The van der Waals surface area contributed by atoms with Gasteiger partial charge in [-0.25, -0.2) is 4.79 Å². The minimum Gasteiger partial charge on any atom is -0.444 e. The summed E-state index contributed by atoms with van der Waals surface area (Å²) in [7, 11) is 0. The van der Waals surface area contributed by atoms with Crippen molar-refractivity contribution in [1.29, 1.82) is 0 Å². The van der Waals surface area contributed by atoms with Crippen molar-refractivity contribution in [3.05, 3.63) is 33.8 Å². The van der Waals surface area contributed by atoms with Crippen LogP contribution in [0.3, 0.4) is 0 Å². The standard InChI is InChI=1S/C21H27Cl2NO3/c1-13(25)15-12-16(15)21(14-5-6-17(22)18(23)11-14)7-9-24(10-8-21)19(26)27-20(2,3)4/h5-6,11,15-16H,7-10,12H2,1-4H3. The smallest absolute Gasteiger partial charge is 0.410 e. The molecular weight excluding hydrogens is 385 g/mol. The van der Waals surface area contributed by atoms with Crippen LogP contribution in [0.25, 0.3) is 0 Å². The van der Waals surface area contributed by atoms with E-state index in [1.807, 2.05) is 39.0 Å². The van der Waals surface area contributed by atoms with Gasteiger partial charge < -0.3 is 9.64 Å². The number of hydrogen-bond donors (Lipinski definition) is 0. The monoisotopic (exact) mass is 411 g/mol. The summed E-state index contributed by atoms with van der Waals surface area (Å²) in [5, 5.41) is 1.06. The molecule has 0 spiro atoms. The van der Waals surface area contributed by atoms with Crippen molar-refractivity contribution < 1.29 is 14.3 Å².